The Morgan fingerprint density at radius 3 is 2.17 bits per heavy atom. The third-order valence-corrected chi connectivity index (χ3v) is 9.59. The molecule has 0 spiro atoms. The van der Waals surface area contributed by atoms with Gasteiger partial charge >= 0.3 is 12.3 Å². The Morgan fingerprint density at radius 1 is 0.881 bits per heavy atom. The van der Waals surface area contributed by atoms with Crippen molar-refractivity contribution >= 4 is 29.5 Å². The van der Waals surface area contributed by atoms with Crippen LogP contribution in [0.3, 0.4) is 0 Å². The van der Waals surface area contributed by atoms with Gasteiger partial charge in [0.2, 0.25) is 11.8 Å². The van der Waals surface area contributed by atoms with Gasteiger partial charge in [-0.3, -0.25) is 14.4 Å². The number of nitrogens with zero attached hydrogens (tertiary/aromatic N) is 3. The number of carbonyl (C=O) groups is 4. The Hall–Kier alpha value is -5.61. The van der Waals surface area contributed by atoms with Crippen LogP contribution in [0.5, 0.6) is 0 Å². The number of benzene rings is 3. The number of nitrogens with one attached hydrogen (secondary N) is 3. The lowest BCUT2D eigenvalue weighted by Crippen LogP contribution is -2.55. The summed E-state index contributed by atoms with van der Waals surface area (Å²) in [7, 11) is 0. The molecule has 316 valence electrons. The molecule has 3 N–H and O–H groups in total. The van der Waals surface area contributed by atoms with E-state index in [2.05, 4.69) is 20.9 Å². The molecule has 2 heterocycles. The molecule has 12 nitrogen and oxygen atoms in total. The molecule has 16 heteroatoms. The van der Waals surface area contributed by atoms with Gasteiger partial charge in [0, 0.05) is 37.3 Å². The van der Waals surface area contributed by atoms with Gasteiger partial charge in [0.15, 0.2) is 11.6 Å². The van der Waals surface area contributed by atoms with E-state index < -0.39 is 64.6 Å². The van der Waals surface area contributed by atoms with E-state index in [1.165, 1.54) is 64.5 Å². The molecule has 1 aliphatic rings. The molecule has 1 saturated heterocycles. The van der Waals surface area contributed by atoms with Crippen molar-refractivity contribution in [2.75, 3.05) is 31.6 Å². The van der Waals surface area contributed by atoms with Crippen molar-refractivity contribution in [1.29, 1.82) is 0 Å². The fraction of sp³-hybridized carbons (Fsp3) is 0.419. The number of amides is 3. The number of ketones is 1. The summed E-state index contributed by atoms with van der Waals surface area (Å²) in [6.45, 7) is 9.07. The van der Waals surface area contributed by atoms with Gasteiger partial charge in [-0.2, -0.15) is 13.2 Å². The molecule has 1 aliphatic heterocycles. The number of rotatable bonds is 15. The van der Waals surface area contributed by atoms with Crippen LogP contribution in [0.1, 0.15) is 80.6 Å². The summed E-state index contributed by atoms with van der Waals surface area (Å²) < 4.78 is 69.2. The molecule has 1 aromatic heterocycles. The van der Waals surface area contributed by atoms with Gasteiger partial charge in [0.25, 0.3) is 0 Å². The highest BCUT2D eigenvalue weighted by atomic mass is 19.4. The molecule has 3 amide bonds. The summed E-state index contributed by atoms with van der Waals surface area (Å²) in [6, 6.07) is 16.7. The van der Waals surface area contributed by atoms with Crippen molar-refractivity contribution in [3.63, 3.8) is 0 Å². The maximum absolute atomic E-state index is 14.4. The smallest absolute Gasteiger partial charge is 0.416 e. The normalized spacial score (nSPS) is 15.0. The van der Waals surface area contributed by atoms with E-state index in [4.69, 9.17) is 9.47 Å². The van der Waals surface area contributed by atoms with Crippen LogP contribution in [-0.4, -0.2) is 81.6 Å². The second-order valence-electron chi connectivity index (χ2n) is 16.1. The zero-order chi connectivity index (χ0) is 43.0. The largest absolute Gasteiger partial charge is 0.444 e. The fourth-order valence-electron chi connectivity index (χ4n) is 6.65. The minimum Gasteiger partial charge on any atom is -0.444 e. The number of ether oxygens (including phenoxy) is 2. The summed E-state index contributed by atoms with van der Waals surface area (Å²) in [5.41, 5.74) is -1.74. The van der Waals surface area contributed by atoms with Crippen LogP contribution in [0, 0.1) is 11.7 Å². The molecule has 5 rings (SSSR count). The Balaban J connectivity index is 1.34. The first kappa shape index (κ1) is 44.5. The summed E-state index contributed by atoms with van der Waals surface area (Å²) in [6.07, 6.45) is -2.47. The monoisotopic (exact) mass is 822 g/mol. The molecule has 4 aromatic rings. The van der Waals surface area contributed by atoms with Gasteiger partial charge in [0.1, 0.15) is 23.5 Å². The number of Topliss-reactive ketones (excluding diaryl/α,β-unsaturated/α-hetero) is 1. The first-order valence-electron chi connectivity index (χ1n) is 19.2. The van der Waals surface area contributed by atoms with Crippen molar-refractivity contribution in [1.82, 2.24) is 25.1 Å². The maximum Gasteiger partial charge on any atom is 0.416 e. The third-order valence-electron chi connectivity index (χ3n) is 9.59. The van der Waals surface area contributed by atoms with Crippen LogP contribution in [0.2, 0.25) is 0 Å². The average Bonchev–Trinajstić information content (AvgIpc) is 3.63. The Labute approximate surface area is 340 Å². The number of hydrogen-bond acceptors (Lipinski definition) is 8. The van der Waals surface area contributed by atoms with E-state index in [9.17, 15) is 36.7 Å². The van der Waals surface area contributed by atoms with Gasteiger partial charge in [-0.15, -0.1) is 0 Å². The van der Waals surface area contributed by atoms with E-state index >= 15 is 0 Å². The van der Waals surface area contributed by atoms with Crippen molar-refractivity contribution < 1.29 is 46.2 Å². The molecular weight excluding hydrogens is 773 g/mol. The quantitative estimate of drug-likeness (QED) is 0.0847. The van der Waals surface area contributed by atoms with Crippen molar-refractivity contribution in [3.05, 3.63) is 119 Å². The highest BCUT2D eigenvalue weighted by molar-refractivity contribution is 5.98. The Bertz CT molecular complexity index is 2060. The van der Waals surface area contributed by atoms with Gasteiger partial charge in [0.05, 0.1) is 30.6 Å². The van der Waals surface area contributed by atoms with Gasteiger partial charge in [-0.1, -0.05) is 48.5 Å². The molecule has 0 saturated carbocycles. The van der Waals surface area contributed by atoms with E-state index in [0.29, 0.717) is 5.56 Å². The average molecular weight is 823 g/mol. The SMILES string of the molecule is CC(C)(CN[C@H](COCc1ccccc1)C(=O)Nc1cn(C(C(=O)N2CCC(C(=O)c3ccc(F)cc3)CC2)c2ccccc2C(F)(F)F)cn1)NC(=O)OC(C)(C)C. The zero-order valence-electron chi connectivity index (χ0n) is 33.6. The highest BCUT2D eigenvalue weighted by Gasteiger charge is 2.40. The number of alkyl carbamates (subject to hydrolysis) is 1. The highest BCUT2D eigenvalue weighted by Crippen LogP contribution is 2.37. The molecule has 59 heavy (non-hydrogen) atoms. The lowest BCUT2D eigenvalue weighted by atomic mass is 9.88. The van der Waals surface area contributed by atoms with Crippen LogP contribution in [0.25, 0.3) is 0 Å². The van der Waals surface area contributed by atoms with Crippen molar-refractivity contribution in [2.45, 2.75) is 83.5 Å². The fourth-order valence-corrected chi connectivity index (χ4v) is 6.65. The number of anilines is 1. The second kappa shape index (κ2) is 19.0. The van der Waals surface area contributed by atoms with Crippen LogP contribution in [0.4, 0.5) is 28.2 Å². The minimum absolute atomic E-state index is 0.0399. The standard InChI is InChI=1S/C43H50F4N6O6/c1-41(2,3)59-40(57)51-42(4,5)26-48-34(25-58-24-28-11-7-6-8-12-28)38(55)50-35-23-53(27-49-35)36(32-13-9-10-14-33(32)43(45,46)47)39(56)52-21-19-30(20-22-52)37(54)29-15-17-31(44)18-16-29/h6-18,23,27,30,34,36,48H,19-22,24-26H2,1-5H3,(H,50,55)(H,51,57)/t34-,36?/m1/s1. The number of likely N-dealkylation sites (tertiary alicyclic amines) is 1. The van der Waals surface area contributed by atoms with Gasteiger partial charge in [-0.25, -0.2) is 14.2 Å². The summed E-state index contributed by atoms with van der Waals surface area (Å²) in [5.74, 6) is -2.43. The van der Waals surface area contributed by atoms with E-state index in [0.717, 1.165) is 11.6 Å². The molecule has 0 aliphatic carbocycles. The number of imidazole rings is 1. The summed E-state index contributed by atoms with van der Waals surface area (Å²) in [5, 5.41) is 8.61. The van der Waals surface area contributed by atoms with E-state index in [1.807, 2.05) is 30.3 Å². The van der Waals surface area contributed by atoms with E-state index in [-0.39, 0.29) is 62.9 Å². The van der Waals surface area contributed by atoms with Gasteiger partial charge in [-0.05, 0) is 88.9 Å². The molecule has 0 radical (unpaired) electrons. The van der Waals surface area contributed by atoms with Gasteiger partial charge < -0.3 is 34.9 Å². The third kappa shape index (κ3) is 12.7. The maximum atomic E-state index is 14.4. The molecule has 0 bridgehead atoms. The molecule has 2 atom stereocenters. The number of halogens is 4. The summed E-state index contributed by atoms with van der Waals surface area (Å²) >= 11 is 0. The van der Waals surface area contributed by atoms with Crippen LogP contribution in [-0.2, 0) is 31.8 Å². The molecule has 1 fully saturated rings. The number of hydrogen-bond donors (Lipinski definition) is 3. The summed E-state index contributed by atoms with van der Waals surface area (Å²) in [4.78, 5) is 59.4. The molecular formula is C43H50F4N6O6. The number of aromatic nitrogens is 2. The molecule has 1 unspecified atom stereocenters. The van der Waals surface area contributed by atoms with Crippen LogP contribution < -0.4 is 16.0 Å². The number of alkyl halides is 3. The Morgan fingerprint density at radius 2 is 1.53 bits per heavy atom. The lowest BCUT2D eigenvalue weighted by molar-refractivity contribution is -0.140. The van der Waals surface area contributed by atoms with Crippen LogP contribution >= 0.6 is 0 Å². The number of carbonyl (C=O) groups excluding carboxylic acids is 4. The Kier molecular flexibility index (Phi) is 14.3. The first-order valence-corrected chi connectivity index (χ1v) is 19.2. The number of piperidine rings is 1. The predicted octanol–water partition coefficient (Wildman–Crippen LogP) is 7.17. The first-order chi connectivity index (χ1) is 27.8. The predicted molar refractivity (Wildman–Crippen MR) is 212 cm³/mol. The second-order valence-corrected chi connectivity index (χ2v) is 16.1. The zero-order valence-corrected chi connectivity index (χ0v) is 33.6. The van der Waals surface area contributed by atoms with Crippen molar-refractivity contribution in [3.8, 4) is 0 Å². The minimum atomic E-state index is -4.80. The molecule has 3 aromatic carbocycles. The lowest BCUT2D eigenvalue weighted by Gasteiger charge is -2.34. The van der Waals surface area contributed by atoms with Crippen molar-refractivity contribution in [2.24, 2.45) is 5.92 Å². The topological polar surface area (TPSA) is 144 Å². The van der Waals surface area contributed by atoms with Crippen LogP contribution in [0.15, 0.2) is 91.4 Å². The van der Waals surface area contributed by atoms with E-state index in [1.54, 1.807) is 34.6 Å².